The molecule has 2 nitrogen and oxygen atoms in total. The molecule has 0 aliphatic rings. The van der Waals surface area contributed by atoms with Crippen molar-refractivity contribution in [2.24, 2.45) is 0 Å². The molecule has 0 aliphatic heterocycles. The molecule has 2 aromatic carbocycles. The van der Waals surface area contributed by atoms with Gasteiger partial charge in [-0.15, -0.1) is 0 Å². The van der Waals surface area contributed by atoms with Crippen molar-refractivity contribution in [1.82, 2.24) is 0 Å². The molecule has 19 heavy (non-hydrogen) atoms. The maximum absolute atomic E-state index is 12.1. The molecule has 1 unspecified atom stereocenters. The summed E-state index contributed by atoms with van der Waals surface area (Å²) in [6, 6.07) is 14.5. The Morgan fingerprint density at radius 1 is 1.16 bits per heavy atom. The van der Waals surface area contributed by atoms with Crippen LogP contribution < -0.4 is 0 Å². The van der Waals surface area contributed by atoms with Crippen LogP contribution in [0.4, 0.5) is 0 Å². The smallest absolute Gasteiger partial charge is 0.175 e. The highest BCUT2D eigenvalue weighted by molar-refractivity contribution is 9.10. The Kier molecular flexibility index (Phi) is 4.66. The minimum Gasteiger partial charge on any atom is -0.293 e. The molecule has 0 saturated heterocycles. The predicted octanol–water partition coefficient (Wildman–Crippen LogP) is 3.75. The average molecular weight is 337 g/mol. The highest BCUT2D eigenvalue weighted by Gasteiger charge is 2.12. The van der Waals surface area contributed by atoms with E-state index >= 15 is 0 Å². The van der Waals surface area contributed by atoms with Gasteiger partial charge >= 0.3 is 0 Å². The van der Waals surface area contributed by atoms with E-state index in [4.69, 9.17) is 0 Å². The van der Waals surface area contributed by atoms with Gasteiger partial charge in [0.25, 0.3) is 0 Å². The number of hydrogen-bond donors (Lipinski definition) is 0. The highest BCUT2D eigenvalue weighted by Crippen LogP contribution is 2.16. The molecule has 1 atom stereocenters. The van der Waals surface area contributed by atoms with Crippen molar-refractivity contribution >= 4 is 32.5 Å². The van der Waals surface area contributed by atoms with E-state index in [1.807, 2.05) is 31.2 Å². The van der Waals surface area contributed by atoms with Crippen LogP contribution in [0.25, 0.3) is 0 Å². The van der Waals surface area contributed by atoms with Gasteiger partial charge in [-0.25, -0.2) is 0 Å². The van der Waals surface area contributed by atoms with Gasteiger partial charge in [0.05, 0.1) is 16.6 Å². The second-order valence-corrected chi connectivity index (χ2v) is 6.60. The van der Waals surface area contributed by atoms with Gasteiger partial charge in [-0.05, 0) is 25.1 Å². The summed E-state index contributed by atoms with van der Waals surface area (Å²) in [7, 11) is -1.31. The molecule has 0 aromatic heterocycles. The van der Waals surface area contributed by atoms with Crippen molar-refractivity contribution in [1.29, 1.82) is 0 Å². The summed E-state index contributed by atoms with van der Waals surface area (Å²) in [5.41, 5.74) is 1.71. The first-order valence-electron chi connectivity index (χ1n) is 5.80. The first kappa shape index (κ1) is 14.2. The van der Waals surface area contributed by atoms with Crippen LogP contribution in [0.2, 0.25) is 0 Å². The lowest BCUT2D eigenvalue weighted by Gasteiger charge is -2.03. The minimum absolute atomic E-state index is 0.0134. The molecule has 0 amide bonds. The Morgan fingerprint density at radius 2 is 1.84 bits per heavy atom. The van der Waals surface area contributed by atoms with E-state index in [1.54, 1.807) is 24.3 Å². The Hall–Kier alpha value is -1.26. The number of benzene rings is 2. The molecule has 0 saturated carbocycles. The maximum Gasteiger partial charge on any atom is 0.175 e. The Bertz CT molecular complexity index is 620. The summed E-state index contributed by atoms with van der Waals surface area (Å²) < 4.78 is 13.0. The number of aryl methyl sites for hydroxylation is 1. The summed E-state index contributed by atoms with van der Waals surface area (Å²) in [5.74, 6) is -0.0854. The Labute approximate surface area is 123 Å². The number of ketones is 1. The number of hydrogen-bond acceptors (Lipinski definition) is 2. The van der Waals surface area contributed by atoms with E-state index in [2.05, 4.69) is 15.9 Å². The van der Waals surface area contributed by atoms with Gasteiger partial charge in [0, 0.05) is 14.9 Å². The fourth-order valence-electron chi connectivity index (χ4n) is 1.63. The topological polar surface area (TPSA) is 34.1 Å². The summed E-state index contributed by atoms with van der Waals surface area (Å²) >= 11 is 3.33. The fourth-order valence-corrected chi connectivity index (χ4v) is 3.24. The lowest BCUT2D eigenvalue weighted by Crippen LogP contribution is -2.11. The molecule has 0 heterocycles. The summed E-state index contributed by atoms with van der Waals surface area (Å²) in [6.45, 7) is 1.97. The van der Waals surface area contributed by atoms with Crippen molar-refractivity contribution < 1.29 is 9.00 Å². The third-order valence-corrected chi connectivity index (χ3v) is 4.49. The van der Waals surface area contributed by atoms with E-state index in [-0.39, 0.29) is 11.5 Å². The van der Waals surface area contributed by atoms with Crippen molar-refractivity contribution in [3.05, 3.63) is 64.1 Å². The molecule has 0 bridgehead atoms. The Morgan fingerprint density at radius 3 is 2.47 bits per heavy atom. The van der Waals surface area contributed by atoms with Crippen LogP contribution in [-0.4, -0.2) is 15.7 Å². The van der Waals surface area contributed by atoms with Gasteiger partial charge in [-0.2, -0.15) is 0 Å². The van der Waals surface area contributed by atoms with Gasteiger partial charge in [0.2, 0.25) is 0 Å². The molecule has 4 heteroatoms. The molecular weight excluding hydrogens is 324 g/mol. The molecule has 2 rings (SSSR count). The zero-order valence-electron chi connectivity index (χ0n) is 10.4. The Balaban J connectivity index is 2.11. The second kappa shape index (κ2) is 6.26. The molecule has 0 aliphatic carbocycles. The van der Waals surface area contributed by atoms with Crippen LogP contribution in [0, 0.1) is 6.92 Å². The zero-order chi connectivity index (χ0) is 13.8. The van der Waals surface area contributed by atoms with Crippen LogP contribution >= 0.6 is 15.9 Å². The van der Waals surface area contributed by atoms with E-state index in [0.29, 0.717) is 10.5 Å². The van der Waals surface area contributed by atoms with E-state index in [0.717, 1.165) is 10.0 Å². The standard InChI is InChI=1S/C15H13BrO2S/c1-11-5-7-12(8-6-11)15(17)10-19(18)14-4-2-3-13(16)9-14/h2-9H,10H2,1H3. The highest BCUT2D eigenvalue weighted by atomic mass is 79.9. The number of rotatable bonds is 4. The number of Topliss-reactive ketones (excluding diaryl/α,β-unsaturated/α-hetero) is 1. The number of carbonyl (C=O) groups is 1. The quantitative estimate of drug-likeness (QED) is 0.797. The first-order valence-corrected chi connectivity index (χ1v) is 7.91. The number of carbonyl (C=O) groups excluding carboxylic acids is 1. The summed E-state index contributed by atoms with van der Waals surface area (Å²) in [6.07, 6.45) is 0. The molecule has 0 spiro atoms. The van der Waals surface area contributed by atoms with Crippen molar-refractivity contribution in [2.75, 3.05) is 5.75 Å². The van der Waals surface area contributed by atoms with Gasteiger partial charge in [-0.3, -0.25) is 9.00 Å². The second-order valence-electron chi connectivity index (χ2n) is 4.24. The van der Waals surface area contributed by atoms with E-state index in [1.165, 1.54) is 0 Å². The average Bonchev–Trinajstić information content (AvgIpc) is 2.39. The molecule has 0 N–H and O–H groups in total. The minimum atomic E-state index is -1.31. The van der Waals surface area contributed by atoms with Gasteiger partial charge in [0.15, 0.2) is 5.78 Å². The summed E-state index contributed by atoms with van der Waals surface area (Å²) in [4.78, 5) is 12.7. The monoisotopic (exact) mass is 336 g/mol. The fraction of sp³-hybridized carbons (Fsp3) is 0.133. The first-order chi connectivity index (χ1) is 9.06. The van der Waals surface area contributed by atoms with Gasteiger partial charge in [-0.1, -0.05) is 51.8 Å². The maximum atomic E-state index is 12.1. The lowest BCUT2D eigenvalue weighted by molar-refractivity contribution is 0.102. The van der Waals surface area contributed by atoms with Crippen LogP contribution in [0.5, 0.6) is 0 Å². The molecular formula is C15H13BrO2S. The van der Waals surface area contributed by atoms with Crippen molar-refractivity contribution in [3.8, 4) is 0 Å². The molecule has 0 fully saturated rings. The predicted molar refractivity (Wildman–Crippen MR) is 80.9 cm³/mol. The largest absolute Gasteiger partial charge is 0.293 e. The van der Waals surface area contributed by atoms with Crippen LogP contribution in [0.1, 0.15) is 15.9 Å². The third-order valence-electron chi connectivity index (χ3n) is 2.69. The molecule has 98 valence electrons. The van der Waals surface area contributed by atoms with E-state index in [9.17, 15) is 9.00 Å². The van der Waals surface area contributed by atoms with Crippen LogP contribution in [0.3, 0.4) is 0 Å². The van der Waals surface area contributed by atoms with Crippen molar-refractivity contribution in [3.63, 3.8) is 0 Å². The van der Waals surface area contributed by atoms with Gasteiger partial charge in [0.1, 0.15) is 0 Å². The van der Waals surface area contributed by atoms with Crippen molar-refractivity contribution in [2.45, 2.75) is 11.8 Å². The number of halogens is 1. The normalized spacial score (nSPS) is 12.1. The van der Waals surface area contributed by atoms with Crippen LogP contribution in [0.15, 0.2) is 57.9 Å². The molecule has 0 radical (unpaired) electrons. The lowest BCUT2D eigenvalue weighted by atomic mass is 10.1. The summed E-state index contributed by atoms with van der Waals surface area (Å²) in [5, 5.41) is 0. The third kappa shape index (κ3) is 3.85. The SMILES string of the molecule is Cc1ccc(C(=O)CS(=O)c2cccc(Br)c2)cc1. The van der Waals surface area contributed by atoms with E-state index < -0.39 is 10.8 Å². The van der Waals surface area contributed by atoms with Gasteiger partial charge < -0.3 is 0 Å². The molecule has 2 aromatic rings. The zero-order valence-corrected chi connectivity index (χ0v) is 12.8. The van der Waals surface area contributed by atoms with Crippen LogP contribution in [-0.2, 0) is 10.8 Å².